The Kier molecular flexibility index (Phi) is 7.20. The molecule has 0 aromatic rings. The number of aldehydes is 1. The number of amides is 1. The fourth-order valence-corrected chi connectivity index (χ4v) is 2.93. The summed E-state index contributed by atoms with van der Waals surface area (Å²) in [5.74, 6) is 0. The molecule has 4 nitrogen and oxygen atoms in total. The second kappa shape index (κ2) is 8.40. The number of nitrogens with zero attached hydrogens (tertiary/aromatic N) is 1. The Hall–Kier alpha value is -1.06. The van der Waals surface area contributed by atoms with Crippen LogP contribution in [0, 0.1) is 0 Å². The van der Waals surface area contributed by atoms with Crippen LogP contribution in [-0.4, -0.2) is 35.0 Å². The van der Waals surface area contributed by atoms with Crippen molar-refractivity contribution in [3.63, 3.8) is 0 Å². The molecule has 0 N–H and O–H groups in total. The third-order valence-corrected chi connectivity index (χ3v) is 3.94. The monoisotopic (exact) mass is 297 g/mol. The fraction of sp³-hybridized carbons (Fsp3) is 0.882. The molecule has 1 rings (SSSR count). The molecule has 1 aliphatic heterocycles. The van der Waals surface area contributed by atoms with Gasteiger partial charge in [0.25, 0.3) is 0 Å². The van der Waals surface area contributed by atoms with Crippen LogP contribution in [0.1, 0.15) is 79.1 Å². The Morgan fingerprint density at radius 3 is 2.52 bits per heavy atom. The van der Waals surface area contributed by atoms with Crippen LogP contribution in [0.15, 0.2) is 0 Å². The van der Waals surface area contributed by atoms with Gasteiger partial charge in [0, 0.05) is 6.04 Å². The first-order chi connectivity index (χ1) is 9.89. The van der Waals surface area contributed by atoms with E-state index in [-0.39, 0.29) is 18.2 Å². The number of carbonyl (C=O) groups excluding carboxylic acids is 2. The van der Waals surface area contributed by atoms with Gasteiger partial charge in [-0.1, -0.05) is 32.6 Å². The molecule has 0 spiro atoms. The van der Waals surface area contributed by atoms with Crippen LogP contribution >= 0.6 is 0 Å². The van der Waals surface area contributed by atoms with Crippen LogP contribution in [0.2, 0.25) is 0 Å². The van der Waals surface area contributed by atoms with Crippen molar-refractivity contribution in [2.75, 3.05) is 0 Å². The zero-order valence-corrected chi connectivity index (χ0v) is 14.1. The van der Waals surface area contributed by atoms with E-state index in [1.807, 2.05) is 20.8 Å². The lowest BCUT2D eigenvalue weighted by molar-refractivity contribution is -0.115. The molecule has 0 aliphatic carbocycles. The number of piperidine rings is 1. The third-order valence-electron chi connectivity index (χ3n) is 3.94. The lowest BCUT2D eigenvalue weighted by Gasteiger charge is -2.40. The standard InChI is InChI=1S/C17H31NO3/c1-5-6-7-8-10-14-11-9-12-15(13-19)18(14)16(20)21-17(2,3)4/h13-15H,5-12H2,1-4H3/t14-,15+/m1/s1. The lowest BCUT2D eigenvalue weighted by atomic mass is 9.93. The zero-order chi connectivity index (χ0) is 15.9. The summed E-state index contributed by atoms with van der Waals surface area (Å²) in [4.78, 5) is 25.4. The second-order valence-electron chi connectivity index (χ2n) is 7.03. The lowest BCUT2D eigenvalue weighted by Crippen LogP contribution is -2.52. The number of likely N-dealkylation sites (tertiary alicyclic amines) is 1. The average molecular weight is 297 g/mol. The van der Waals surface area contributed by atoms with Crippen LogP contribution in [0.5, 0.6) is 0 Å². The number of hydrogen-bond donors (Lipinski definition) is 0. The van der Waals surface area contributed by atoms with Crippen molar-refractivity contribution in [3.8, 4) is 0 Å². The average Bonchev–Trinajstić information content (AvgIpc) is 2.41. The molecule has 0 radical (unpaired) electrons. The SMILES string of the molecule is CCCCCC[C@@H]1CCC[C@@H](C=O)N1C(=O)OC(C)(C)C. The minimum atomic E-state index is -0.519. The van der Waals surface area contributed by atoms with Gasteiger partial charge in [0.2, 0.25) is 0 Å². The molecule has 1 saturated heterocycles. The number of carbonyl (C=O) groups is 2. The van der Waals surface area contributed by atoms with Gasteiger partial charge in [0.15, 0.2) is 0 Å². The third kappa shape index (κ3) is 6.06. The van der Waals surface area contributed by atoms with Gasteiger partial charge in [-0.15, -0.1) is 0 Å². The normalized spacial score (nSPS) is 23.0. The first-order valence-corrected chi connectivity index (χ1v) is 8.35. The van der Waals surface area contributed by atoms with Gasteiger partial charge >= 0.3 is 6.09 Å². The molecule has 1 aliphatic rings. The molecule has 21 heavy (non-hydrogen) atoms. The molecule has 0 unspecified atom stereocenters. The van der Waals surface area contributed by atoms with Crippen LogP contribution < -0.4 is 0 Å². The maximum Gasteiger partial charge on any atom is 0.411 e. The van der Waals surface area contributed by atoms with Crippen molar-refractivity contribution in [2.45, 2.75) is 96.7 Å². The highest BCUT2D eigenvalue weighted by molar-refractivity contribution is 5.74. The maximum atomic E-state index is 12.4. The van der Waals surface area contributed by atoms with Crippen molar-refractivity contribution in [3.05, 3.63) is 0 Å². The highest BCUT2D eigenvalue weighted by atomic mass is 16.6. The smallest absolute Gasteiger partial charge is 0.411 e. The largest absolute Gasteiger partial charge is 0.444 e. The molecular formula is C17H31NO3. The summed E-state index contributed by atoms with van der Waals surface area (Å²) < 4.78 is 5.50. The Balaban J connectivity index is 2.68. The van der Waals surface area contributed by atoms with E-state index in [0.29, 0.717) is 0 Å². The van der Waals surface area contributed by atoms with Gasteiger partial charge < -0.3 is 9.53 Å². The number of ether oxygens (including phenoxy) is 1. The molecule has 1 amide bonds. The van der Waals surface area contributed by atoms with E-state index in [2.05, 4.69) is 6.92 Å². The summed E-state index contributed by atoms with van der Waals surface area (Å²) in [6, 6.07) is -0.162. The fourth-order valence-electron chi connectivity index (χ4n) is 2.93. The van der Waals surface area contributed by atoms with Gasteiger partial charge in [0.1, 0.15) is 11.9 Å². The highest BCUT2D eigenvalue weighted by Gasteiger charge is 2.36. The van der Waals surface area contributed by atoms with E-state index in [0.717, 1.165) is 38.4 Å². The Morgan fingerprint density at radius 1 is 1.24 bits per heavy atom. The first-order valence-electron chi connectivity index (χ1n) is 8.35. The van der Waals surface area contributed by atoms with Crippen LogP contribution in [-0.2, 0) is 9.53 Å². The van der Waals surface area contributed by atoms with Crippen molar-refractivity contribution in [2.24, 2.45) is 0 Å². The zero-order valence-electron chi connectivity index (χ0n) is 14.1. The van der Waals surface area contributed by atoms with Gasteiger partial charge in [-0.05, 0) is 46.5 Å². The topological polar surface area (TPSA) is 46.6 Å². The molecule has 0 aromatic heterocycles. The Bertz CT molecular complexity index is 335. The van der Waals surface area contributed by atoms with Crippen molar-refractivity contribution in [1.29, 1.82) is 0 Å². The molecule has 2 atom stereocenters. The van der Waals surface area contributed by atoms with Gasteiger partial charge in [-0.25, -0.2) is 4.79 Å². The molecule has 1 heterocycles. The Labute approximate surface area is 129 Å². The number of unbranched alkanes of at least 4 members (excludes halogenated alkanes) is 3. The molecule has 0 aromatic carbocycles. The van der Waals surface area contributed by atoms with E-state index in [4.69, 9.17) is 4.74 Å². The van der Waals surface area contributed by atoms with Crippen LogP contribution in [0.3, 0.4) is 0 Å². The quantitative estimate of drug-likeness (QED) is 0.542. The summed E-state index contributed by atoms with van der Waals surface area (Å²) in [5, 5.41) is 0. The molecule has 0 saturated carbocycles. The van der Waals surface area contributed by atoms with Crippen molar-refractivity contribution in [1.82, 2.24) is 4.90 Å². The van der Waals surface area contributed by atoms with Crippen molar-refractivity contribution >= 4 is 12.4 Å². The van der Waals surface area contributed by atoms with Gasteiger partial charge in [0.05, 0.1) is 6.04 Å². The summed E-state index contributed by atoms with van der Waals surface area (Å²) in [5.41, 5.74) is -0.519. The molecule has 122 valence electrons. The van der Waals surface area contributed by atoms with Crippen LogP contribution in [0.25, 0.3) is 0 Å². The summed E-state index contributed by atoms with van der Waals surface area (Å²) >= 11 is 0. The van der Waals surface area contributed by atoms with Gasteiger partial charge in [-0.3, -0.25) is 4.90 Å². The Morgan fingerprint density at radius 2 is 1.95 bits per heavy atom. The van der Waals surface area contributed by atoms with Crippen LogP contribution in [0.4, 0.5) is 4.79 Å². The predicted octanol–water partition coefficient (Wildman–Crippen LogP) is 4.31. The highest BCUT2D eigenvalue weighted by Crippen LogP contribution is 2.27. The summed E-state index contributed by atoms with van der Waals surface area (Å²) in [6.07, 6.45) is 9.05. The van der Waals surface area contributed by atoms with E-state index >= 15 is 0 Å². The summed E-state index contributed by atoms with van der Waals surface area (Å²) in [6.45, 7) is 7.78. The van der Waals surface area contributed by atoms with E-state index in [9.17, 15) is 9.59 Å². The molecular weight excluding hydrogens is 266 g/mol. The van der Waals surface area contributed by atoms with Gasteiger partial charge in [-0.2, -0.15) is 0 Å². The second-order valence-corrected chi connectivity index (χ2v) is 7.03. The number of rotatable bonds is 6. The van der Waals surface area contributed by atoms with E-state index in [1.165, 1.54) is 19.3 Å². The predicted molar refractivity (Wildman–Crippen MR) is 84.3 cm³/mol. The molecule has 4 heteroatoms. The maximum absolute atomic E-state index is 12.4. The summed E-state index contributed by atoms with van der Waals surface area (Å²) in [7, 11) is 0. The minimum absolute atomic E-state index is 0.153. The molecule has 0 bridgehead atoms. The first kappa shape index (κ1) is 18.0. The molecule has 1 fully saturated rings. The minimum Gasteiger partial charge on any atom is -0.444 e. The van der Waals surface area contributed by atoms with E-state index in [1.54, 1.807) is 4.90 Å². The number of hydrogen-bond acceptors (Lipinski definition) is 3. The van der Waals surface area contributed by atoms with Crippen molar-refractivity contribution < 1.29 is 14.3 Å². The van der Waals surface area contributed by atoms with E-state index < -0.39 is 5.60 Å².